The predicted octanol–water partition coefficient (Wildman–Crippen LogP) is 5.20. The van der Waals surface area contributed by atoms with E-state index in [1.165, 1.54) is 11.3 Å². The summed E-state index contributed by atoms with van der Waals surface area (Å²) in [5.41, 5.74) is 0.513. The molecule has 1 N–H and O–H groups in total. The van der Waals surface area contributed by atoms with Crippen LogP contribution in [0.5, 0.6) is 0 Å². The highest BCUT2D eigenvalue weighted by atomic mass is 16.7. The van der Waals surface area contributed by atoms with Crippen LogP contribution < -0.4 is 0 Å². The number of aliphatic hydroxyl groups is 1. The SMILES string of the molecule is C[C@]12CCC(OCCCN3C(=O)c4ccccc4C3=O)CC1CC[C@@H]1[C@H]2CC[C@]2(C)C(C3OCCO3)CC[C@@]12O. The van der Waals surface area contributed by atoms with Crippen molar-refractivity contribution in [2.24, 2.45) is 34.5 Å². The summed E-state index contributed by atoms with van der Waals surface area (Å²) in [6.07, 6.45) is 10.4. The van der Waals surface area contributed by atoms with Crippen molar-refractivity contribution in [3.8, 4) is 0 Å². The highest BCUT2D eigenvalue weighted by Gasteiger charge is 2.68. The minimum absolute atomic E-state index is 0.133. The third-order valence-corrected chi connectivity index (χ3v) is 12.6. The van der Waals surface area contributed by atoms with Gasteiger partial charge in [0.05, 0.1) is 36.0 Å². The lowest BCUT2D eigenvalue weighted by atomic mass is 9.43. The van der Waals surface area contributed by atoms with Gasteiger partial charge in [-0.2, -0.15) is 0 Å². The van der Waals surface area contributed by atoms with Crippen LogP contribution in [0.15, 0.2) is 24.3 Å². The molecule has 0 radical (unpaired) electrons. The molecular weight excluding hydrogens is 506 g/mol. The van der Waals surface area contributed by atoms with Crippen molar-refractivity contribution in [1.29, 1.82) is 0 Å². The number of hydrogen-bond donors (Lipinski definition) is 1. The molecule has 1 saturated heterocycles. The smallest absolute Gasteiger partial charge is 0.261 e. The number of benzene rings is 1. The molecule has 218 valence electrons. The number of hydrogen-bond acceptors (Lipinski definition) is 6. The first kappa shape index (κ1) is 27.1. The molecule has 3 unspecified atom stereocenters. The summed E-state index contributed by atoms with van der Waals surface area (Å²) >= 11 is 0. The molecule has 6 aliphatic rings. The largest absolute Gasteiger partial charge is 0.389 e. The first-order chi connectivity index (χ1) is 19.3. The van der Waals surface area contributed by atoms with E-state index < -0.39 is 5.60 Å². The fourth-order valence-electron chi connectivity index (χ4n) is 10.3. The Hall–Kier alpha value is -1.80. The molecule has 7 rings (SSSR count). The number of imide groups is 1. The Balaban J connectivity index is 0.949. The summed E-state index contributed by atoms with van der Waals surface area (Å²) in [5, 5.41) is 12.4. The normalized spacial score (nSPS) is 43.0. The maximum absolute atomic E-state index is 12.6. The number of amides is 2. The Morgan fingerprint density at radius 2 is 1.60 bits per heavy atom. The van der Waals surface area contributed by atoms with Crippen LogP contribution in [0.2, 0.25) is 0 Å². The molecule has 7 heteroatoms. The number of nitrogens with zero attached hydrogens (tertiary/aromatic N) is 1. The topological polar surface area (TPSA) is 85.3 Å². The van der Waals surface area contributed by atoms with Crippen molar-refractivity contribution in [2.45, 2.75) is 96.1 Å². The number of rotatable bonds is 6. The third-order valence-electron chi connectivity index (χ3n) is 12.6. The van der Waals surface area contributed by atoms with Crippen LogP contribution in [0, 0.1) is 34.5 Å². The third kappa shape index (κ3) is 3.90. The van der Waals surface area contributed by atoms with Crippen molar-refractivity contribution in [3.63, 3.8) is 0 Å². The molecule has 8 atom stereocenters. The predicted molar refractivity (Wildman–Crippen MR) is 149 cm³/mol. The van der Waals surface area contributed by atoms with Crippen LogP contribution in [0.4, 0.5) is 0 Å². The summed E-state index contributed by atoms with van der Waals surface area (Å²) in [6.45, 7) is 7.15. The van der Waals surface area contributed by atoms with Crippen LogP contribution in [0.3, 0.4) is 0 Å². The number of fused-ring (bicyclic) bond motifs is 6. The number of carbonyl (C=O) groups is 2. The van der Waals surface area contributed by atoms with Gasteiger partial charge in [0.1, 0.15) is 0 Å². The second kappa shape index (κ2) is 9.89. The van der Waals surface area contributed by atoms with E-state index in [9.17, 15) is 14.7 Å². The Kier molecular flexibility index (Phi) is 6.69. The molecule has 2 amide bonds. The summed E-state index contributed by atoms with van der Waals surface area (Å²) in [5.74, 6) is 1.45. The van der Waals surface area contributed by atoms with E-state index in [1.807, 2.05) is 0 Å². The fourth-order valence-corrected chi connectivity index (χ4v) is 10.3. The van der Waals surface area contributed by atoms with E-state index in [0.717, 1.165) is 51.4 Å². The molecule has 0 spiro atoms. The number of ether oxygens (including phenoxy) is 3. The lowest BCUT2D eigenvalue weighted by molar-refractivity contribution is -0.228. The van der Waals surface area contributed by atoms with Crippen molar-refractivity contribution in [3.05, 3.63) is 35.4 Å². The minimum Gasteiger partial charge on any atom is -0.389 e. The zero-order valence-electron chi connectivity index (χ0n) is 24.1. The van der Waals surface area contributed by atoms with Crippen LogP contribution in [0.25, 0.3) is 0 Å². The van der Waals surface area contributed by atoms with Gasteiger partial charge >= 0.3 is 0 Å². The highest BCUT2D eigenvalue weighted by Crippen LogP contribution is 2.69. The maximum Gasteiger partial charge on any atom is 0.261 e. The lowest BCUT2D eigenvalue weighted by Crippen LogP contribution is -2.63. The van der Waals surface area contributed by atoms with E-state index in [-0.39, 0.29) is 41.0 Å². The van der Waals surface area contributed by atoms with Gasteiger partial charge in [0.2, 0.25) is 0 Å². The molecule has 1 aromatic carbocycles. The van der Waals surface area contributed by atoms with Crippen LogP contribution in [-0.4, -0.2) is 66.2 Å². The Morgan fingerprint density at radius 3 is 2.33 bits per heavy atom. The van der Waals surface area contributed by atoms with Gasteiger partial charge in [-0.3, -0.25) is 14.5 Å². The minimum atomic E-state index is -0.624. The van der Waals surface area contributed by atoms with E-state index >= 15 is 0 Å². The highest BCUT2D eigenvalue weighted by molar-refractivity contribution is 6.21. The van der Waals surface area contributed by atoms with Crippen LogP contribution >= 0.6 is 0 Å². The van der Waals surface area contributed by atoms with Gasteiger partial charge in [0.15, 0.2) is 6.29 Å². The molecule has 0 bridgehead atoms. The summed E-state index contributed by atoms with van der Waals surface area (Å²) < 4.78 is 18.3. The molecule has 7 nitrogen and oxygen atoms in total. The molecule has 0 aromatic heterocycles. The van der Waals surface area contributed by atoms with Crippen molar-refractivity contribution in [1.82, 2.24) is 4.90 Å². The molecule has 40 heavy (non-hydrogen) atoms. The maximum atomic E-state index is 12.6. The number of carbonyl (C=O) groups excluding carboxylic acids is 2. The molecular formula is C33H45NO6. The van der Waals surface area contributed by atoms with Gasteiger partial charge in [-0.15, -0.1) is 0 Å². The summed E-state index contributed by atoms with van der Waals surface area (Å²) in [6, 6.07) is 7.07. The Bertz CT molecular complexity index is 1130. The lowest BCUT2D eigenvalue weighted by Gasteiger charge is -2.63. The Labute approximate surface area is 237 Å². The van der Waals surface area contributed by atoms with Crippen molar-refractivity contribution in [2.75, 3.05) is 26.4 Å². The van der Waals surface area contributed by atoms with E-state index in [0.29, 0.717) is 61.7 Å². The molecule has 4 saturated carbocycles. The summed E-state index contributed by atoms with van der Waals surface area (Å²) in [4.78, 5) is 26.7. The first-order valence-electron chi connectivity index (χ1n) is 15.8. The van der Waals surface area contributed by atoms with Gasteiger partial charge in [0.25, 0.3) is 11.8 Å². The van der Waals surface area contributed by atoms with Gasteiger partial charge in [-0.05, 0) is 99.5 Å². The summed E-state index contributed by atoms with van der Waals surface area (Å²) in [7, 11) is 0. The molecule has 5 fully saturated rings. The average molecular weight is 552 g/mol. The fraction of sp³-hybridized carbons (Fsp3) is 0.758. The van der Waals surface area contributed by atoms with Crippen molar-refractivity contribution >= 4 is 11.8 Å². The van der Waals surface area contributed by atoms with Gasteiger partial charge < -0.3 is 19.3 Å². The zero-order valence-corrected chi connectivity index (χ0v) is 24.1. The van der Waals surface area contributed by atoms with Gasteiger partial charge in [-0.25, -0.2) is 0 Å². The molecule has 1 aromatic rings. The van der Waals surface area contributed by atoms with Crippen molar-refractivity contribution < 1.29 is 28.9 Å². The first-order valence-corrected chi connectivity index (χ1v) is 15.8. The Morgan fingerprint density at radius 1 is 0.900 bits per heavy atom. The van der Waals surface area contributed by atoms with Gasteiger partial charge in [-0.1, -0.05) is 26.0 Å². The van der Waals surface area contributed by atoms with E-state index in [1.54, 1.807) is 24.3 Å². The van der Waals surface area contributed by atoms with E-state index in [4.69, 9.17) is 14.2 Å². The average Bonchev–Trinajstić information content (AvgIpc) is 3.64. The second-order valence-electron chi connectivity index (χ2n) is 14.1. The molecule has 2 heterocycles. The van der Waals surface area contributed by atoms with Crippen LogP contribution in [-0.2, 0) is 14.2 Å². The zero-order chi connectivity index (χ0) is 27.7. The molecule has 4 aliphatic carbocycles. The van der Waals surface area contributed by atoms with Crippen LogP contribution in [0.1, 0.15) is 98.8 Å². The monoisotopic (exact) mass is 551 g/mol. The van der Waals surface area contributed by atoms with E-state index in [2.05, 4.69) is 13.8 Å². The second-order valence-corrected chi connectivity index (χ2v) is 14.1. The standard InChI is InChI=1S/C33H45NO6/c1-31-13-10-22(38-17-5-16-34-28(35)23-6-3-4-7-24(23)29(34)36)20-21(31)8-9-26-25(31)11-14-32(2)27(12-15-33(26,32)37)30-39-18-19-40-30/h3-4,6-7,21-22,25-27,30,37H,5,8-20H2,1-2H3/t21?,22?,25-,26-,27?,31+,32-,33-/m1/s1. The molecule has 2 aliphatic heterocycles. The quantitative estimate of drug-likeness (QED) is 0.386. The van der Waals surface area contributed by atoms with Gasteiger partial charge in [0, 0.05) is 24.5 Å².